The maximum atomic E-state index is 9.38. The van der Waals surface area contributed by atoms with Crippen molar-refractivity contribution < 1.29 is 14.6 Å². The minimum absolute atomic E-state index is 0.0621. The largest absolute Gasteiger partial charge is 0.496 e. The van der Waals surface area contributed by atoms with E-state index in [0.29, 0.717) is 5.19 Å². The first-order valence-corrected chi connectivity index (χ1v) is 6.30. The van der Waals surface area contributed by atoms with Crippen LogP contribution in [0.2, 0.25) is 0 Å². The molecule has 0 aliphatic rings. The standard InChI is InChI=1S/C13H15NO3S/c1-8-4-5-9(10(6-8)16-2)12-11(7-15)18-13(14-12)17-3/h4-6,15H,7H2,1-3H3. The zero-order valence-corrected chi connectivity index (χ0v) is 11.4. The van der Waals surface area contributed by atoms with Crippen molar-refractivity contribution in [2.45, 2.75) is 13.5 Å². The van der Waals surface area contributed by atoms with Gasteiger partial charge in [-0.2, -0.15) is 0 Å². The average molecular weight is 265 g/mol. The number of nitrogens with zero attached hydrogens (tertiary/aromatic N) is 1. The Morgan fingerprint density at radius 2 is 2.06 bits per heavy atom. The molecule has 0 aliphatic carbocycles. The minimum Gasteiger partial charge on any atom is -0.496 e. The van der Waals surface area contributed by atoms with Crippen molar-refractivity contribution in [2.75, 3.05) is 14.2 Å². The number of aliphatic hydroxyl groups excluding tert-OH is 1. The fraction of sp³-hybridized carbons (Fsp3) is 0.308. The molecule has 18 heavy (non-hydrogen) atoms. The Labute approximate surface area is 110 Å². The Balaban J connectivity index is 2.56. The van der Waals surface area contributed by atoms with E-state index in [1.165, 1.54) is 11.3 Å². The lowest BCUT2D eigenvalue weighted by Gasteiger charge is -2.08. The molecule has 0 amide bonds. The van der Waals surface area contributed by atoms with E-state index in [1.54, 1.807) is 14.2 Å². The zero-order chi connectivity index (χ0) is 13.1. The van der Waals surface area contributed by atoms with Gasteiger partial charge in [-0.05, 0) is 24.6 Å². The number of benzene rings is 1. The van der Waals surface area contributed by atoms with Crippen LogP contribution in [-0.2, 0) is 6.61 Å². The second-order valence-electron chi connectivity index (χ2n) is 3.82. The van der Waals surface area contributed by atoms with Gasteiger partial charge in [-0.3, -0.25) is 0 Å². The summed E-state index contributed by atoms with van der Waals surface area (Å²) in [4.78, 5) is 5.14. The summed E-state index contributed by atoms with van der Waals surface area (Å²) in [7, 11) is 3.19. The maximum Gasteiger partial charge on any atom is 0.273 e. The number of ether oxygens (including phenoxy) is 2. The van der Waals surface area contributed by atoms with Gasteiger partial charge in [0.05, 0.1) is 31.4 Å². The molecule has 0 spiro atoms. The second kappa shape index (κ2) is 5.37. The quantitative estimate of drug-likeness (QED) is 0.923. The highest BCUT2D eigenvalue weighted by Crippen LogP contribution is 2.37. The van der Waals surface area contributed by atoms with Gasteiger partial charge in [-0.15, -0.1) is 0 Å². The van der Waals surface area contributed by atoms with E-state index in [-0.39, 0.29) is 6.61 Å². The van der Waals surface area contributed by atoms with Crippen molar-refractivity contribution in [3.8, 4) is 22.2 Å². The molecule has 1 heterocycles. The molecular formula is C13H15NO3S. The summed E-state index contributed by atoms with van der Waals surface area (Å²) in [6, 6.07) is 5.88. The SMILES string of the molecule is COc1nc(-c2ccc(C)cc2OC)c(CO)s1. The van der Waals surface area contributed by atoms with Crippen LogP contribution in [0.15, 0.2) is 18.2 Å². The van der Waals surface area contributed by atoms with Crippen molar-refractivity contribution in [3.05, 3.63) is 28.6 Å². The Morgan fingerprint density at radius 3 is 2.67 bits per heavy atom. The molecule has 2 rings (SSSR count). The highest BCUT2D eigenvalue weighted by Gasteiger charge is 2.16. The molecule has 5 heteroatoms. The molecule has 0 atom stereocenters. The summed E-state index contributed by atoms with van der Waals surface area (Å²) in [6.07, 6.45) is 0. The van der Waals surface area contributed by atoms with E-state index in [1.807, 2.05) is 25.1 Å². The Hall–Kier alpha value is -1.59. The van der Waals surface area contributed by atoms with E-state index >= 15 is 0 Å². The van der Waals surface area contributed by atoms with E-state index in [4.69, 9.17) is 9.47 Å². The fourth-order valence-electron chi connectivity index (χ4n) is 1.73. The van der Waals surface area contributed by atoms with Crippen LogP contribution in [0.5, 0.6) is 10.9 Å². The van der Waals surface area contributed by atoms with Crippen molar-refractivity contribution in [3.63, 3.8) is 0 Å². The molecule has 1 N–H and O–H groups in total. The number of thiazole rings is 1. The molecule has 0 bridgehead atoms. The van der Waals surface area contributed by atoms with Crippen LogP contribution in [0.4, 0.5) is 0 Å². The van der Waals surface area contributed by atoms with Crippen LogP contribution in [0.1, 0.15) is 10.4 Å². The molecule has 1 aromatic heterocycles. The van der Waals surface area contributed by atoms with Gasteiger partial charge in [0.15, 0.2) is 0 Å². The summed E-state index contributed by atoms with van der Waals surface area (Å²) in [5, 5.41) is 9.92. The molecule has 1 aromatic carbocycles. The lowest BCUT2D eigenvalue weighted by atomic mass is 10.1. The van der Waals surface area contributed by atoms with Crippen molar-refractivity contribution in [1.82, 2.24) is 4.98 Å². The van der Waals surface area contributed by atoms with Gasteiger partial charge in [0, 0.05) is 5.56 Å². The van der Waals surface area contributed by atoms with Gasteiger partial charge in [0.1, 0.15) is 5.75 Å². The van der Waals surface area contributed by atoms with Gasteiger partial charge < -0.3 is 14.6 Å². The van der Waals surface area contributed by atoms with E-state index < -0.39 is 0 Å². The molecule has 0 radical (unpaired) electrons. The van der Waals surface area contributed by atoms with Crippen LogP contribution < -0.4 is 9.47 Å². The molecule has 0 aliphatic heterocycles. The lowest BCUT2D eigenvalue weighted by Crippen LogP contribution is -1.92. The average Bonchev–Trinajstić information content (AvgIpc) is 2.81. The predicted molar refractivity (Wildman–Crippen MR) is 71.3 cm³/mol. The van der Waals surface area contributed by atoms with E-state index in [2.05, 4.69) is 4.98 Å². The normalized spacial score (nSPS) is 10.4. The minimum atomic E-state index is -0.0621. The van der Waals surface area contributed by atoms with Gasteiger partial charge in [0.2, 0.25) is 0 Å². The number of rotatable bonds is 4. The number of hydrogen-bond donors (Lipinski definition) is 1. The summed E-state index contributed by atoms with van der Waals surface area (Å²) in [6.45, 7) is 1.94. The lowest BCUT2D eigenvalue weighted by molar-refractivity contribution is 0.286. The van der Waals surface area contributed by atoms with Gasteiger partial charge in [-0.25, -0.2) is 4.98 Å². The molecule has 4 nitrogen and oxygen atoms in total. The molecule has 96 valence electrons. The fourth-order valence-corrected chi connectivity index (χ4v) is 2.48. The molecular weight excluding hydrogens is 250 g/mol. The van der Waals surface area contributed by atoms with Gasteiger partial charge in [-0.1, -0.05) is 17.4 Å². The third-order valence-corrected chi connectivity index (χ3v) is 3.61. The Kier molecular flexibility index (Phi) is 3.84. The maximum absolute atomic E-state index is 9.38. The third kappa shape index (κ3) is 2.32. The Morgan fingerprint density at radius 1 is 1.28 bits per heavy atom. The summed E-state index contributed by atoms with van der Waals surface area (Å²) in [5.41, 5.74) is 2.70. The topological polar surface area (TPSA) is 51.6 Å². The number of methoxy groups -OCH3 is 2. The third-order valence-electron chi connectivity index (χ3n) is 2.61. The van der Waals surface area contributed by atoms with Crippen LogP contribution in [0, 0.1) is 6.92 Å². The number of aryl methyl sites for hydroxylation is 1. The molecule has 0 fully saturated rings. The first-order valence-electron chi connectivity index (χ1n) is 5.49. The zero-order valence-electron chi connectivity index (χ0n) is 10.6. The molecule has 2 aromatic rings. The van der Waals surface area contributed by atoms with Crippen LogP contribution >= 0.6 is 11.3 Å². The molecule has 0 unspecified atom stereocenters. The Bertz CT molecular complexity index is 551. The summed E-state index contributed by atoms with van der Waals surface area (Å²) >= 11 is 1.34. The number of aliphatic hydroxyl groups is 1. The first-order chi connectivity index (χ1) is 8.69. The summed E-state index contributed by atoms with van der Waals surface area (Å²) < 4.78 is 10.5. The monoisotopic (exact) mass is 265 g/mol. The molecule has 0 saturated carbocycles. The second-order valence-corrected chi connectivity index (χ2v) is 4.86. The summed E-state index contributed by atoms with van der Waals surface area (Å²) in [5.74, 6) is 0.748. The van der Waals surface area contributed by atoms with E-state index in [9.17, 15) is 5.11 Å². The number of hydrogen-bond acceptors (Lipinski definition) is 5. The number of aromatic nitrogens is 1. The molecule has 0 saturated heterocycles. The van der Waals surface area contributed by atoms with Gasteiger partial charge in [0.25, 0.3) is 5.19 Å². The highest BCUT2D eigenvalue weighted by molar-refractivity contribution is 7.13. The van der Waals surface area contributed by atoms with Crippen LogP contribution in [0.3, 0.4) is 0 Å². The van der Waals surface area contributed by atoms with Crippen LogP contribution in [-0.4, -0.2) is 24.3 Å². The van der Waals surface area contributed by atoms with Gasteiger partial charge >= 0.3 is 0 Å². The smallest absolute Gasteiger partial charge is 0.273 e. The highest BCUT2D eigenvalue weighted by atomic mass is 32.1. The first kappa shape index (κ1) is 12.9. The van der Waals surface area contributed by atoms with Crippen molar-refractivity contribution in [2.24, 2.45) is 0 Å². The van der Waals surface area contributed by atoms with Crippen LogP contribution in [0.25, 0.3) is 11.3 Å². The van der Waals surface area contributed by atoms with E-state index in [0.717, 1.165) is 27.4 Å². The predicted octanol–water partition coefficient (Wildman–Crippen LogP) is 2.63. The van der Waals surface area contributed by atoms with Crippen molar-refractivity contribution >= 4 is 11.3 Å². The van der Waals surface area contributed by atoms with Crippen molar-refractivity contribution in [1.29, 1.82) is 0 Å².